The van der Waals surface area contributed by atoms with Gasteiger partial charge in [0.05, 0.1) is 6.54 Å². The van der Waals surface area contributed by atoms with Gasteiger partial charge in [-0.1, -0.05) is 6.07 Å². The van der Waals surface area contributed by atoms with E-state index in [1.54, 1.807) is 12.3 Å². The normalized spacial score (nSPS) is 19.8. The topological polar surface area (TPSA) is 45.2 Å². The fraction of sp³-hybridized carbons (Fsp3) is 0.538. The molecule has 4 nitrogen and oxygen atoms in total. The maximum Gasteiger partial charge on any atom is 0.195 e. The predicted octanol–water partition coefficient (Wildman–Crippen LogP) is 0.948. The van der Waals surface area contributed by atoms with Gasteiger partial charge in [0, 0.05) is 18.8 Å². The van der Waals surface area contributed by atoms with E-state index in [2.05, 4.69) is 15.2 Å². The summed E-state index contributed by atoms with van der Waals surface area (Å²) < 4.78 is 0. The second-order valence-corrected chi connectivity index (χ2v) is 4.63. The zero-order valence-corrected chi connectivity index (χ0v) is 10.2. The number of carbonyl (C=O) groups is 1. The molecule has 1 aliphatic rings. The van der Waals surface area contributed by atoms with E-state index in [0.717, 1.165) is 13.1 Å². The van der Waals surface area contributed by atoms with E-state index < -0.39 is 0 Å². The molecule has 0 unspecified atom stereocenters. The molecule has 4 heteroatoms. The Kier molecular flexibility index (Phi) is 4.23. The maximum absolute atomic E-state index is 11.9. The zero-order chi connectivity index (χ0) is 12.1. The van der Waals surface area contributed by atoms with Crippen LogP contribution < -0.4 is 5.32 Å². The lowest BCUT2D eigenvalue weighted by Crippen LogP contribution is -2.37. The van der Waals surface area contributed by atoms with Crippen molar-refractivity contribution in [2.45, 2.75) is 18.9 Å². The molecular weight excluding hydrogens is 214 g/mol. The number of aromatic nitrogens is 1. The number of hydrogen-bond acceptors (Lipinski definition) is 4. The summed E-state index contributed by atoms with van der Waals surface area (Å²) in [6, 6.07) is 5.97. The fourth-order valence-electron chi connectivity index (χ4n) is 2.21. The number of carbonyl (C=O) groups excluding carboxylic acids is 1. The Bertz CT molecular complexity index is 360. The summed E-state index contributed by atoms with van der Waals surface area (Å²) in [5.41, 5.74) is 0.554. The second-order valence-electron chi connectivity index (χ2n) is 4.63. The van der Waals surface area contributed by atoms with Crippen LogP contribution in [0, 0.1) is 0 Å². The quantitative estimate of drug-likeness (QED) is 0.769. The Balaban J connectivity index is 1.81. The molecule has 0 amide bonds. The lowest BCUT2D eigenvalue weighted by atomic mass is 10.2. The molecule has 92 valence electrons. The average molecular weight is 233 g/mol. The Morgan fingerprint density at radius 3 is 3.12 bits per heavy atom. The highest BCUT2D eigenvalue weighted by molar-refractivity contribution is 5.95. The van der Waals surface area contributed by atoms with Crippen LogP contribution >= 0.6 is 0 Å². The number of rotatable bonds is 5. The Labute approximate surface area is 102 Å². The number of nitrogens with one attached hydrogen (secondary N) is 1. The van der Waals surface area contributed by atoms with Gasteiger partial charge in [-0.15, -0.1) is 0 Å². The van der Waals surface area contributed by atoms with Gasteiger partial charge in [0.2, 0.25) is 0 Å². The van der Waals surface area contributed by atoms with E-state index in [0.29, 0.717) is 18.3 Å². The average Bonchev–Trinajstić information content (AvgIpc) is 2.82. The highest BCUT2D eigenvalue weighted by Gasteiger charge is 2.17. The summed E-state index contributed by atoms with van der Waals surface area (Å²) in [4.78, 5) is 18.0. The van der Waals surface area contributed by atoms with Crippen molar-refractivity contribution in [1.82, 2.24) is 15.2 Å². The highest BCUT2D eigenvalue weighted by Crippen LogP contribution is 2.06. The molecule has 1 fully saturated rings. The SMILES string of the molecule is CN(CC(=O)c1ccccn1)C[C@H]1CCCN1. The van der Waals surface area contributed by atoms with Crippen LogP contribution in [0.25, 0.3) is 0 Å². The smallest absolute Gasteiger partial charge is 0.195 e. The van der Waals surface area contributed by atoms with Crippen molar-refractivity contribution in [3.8, 4) is 0 Å². The molecule has 1 aromatic rings. The number of Topliss-reactive ketones (excluding diaryl/α,β-unsaturated/α-hetero) is 1. The molecule has 2 heterocycles. The molecule has 17 heavy (non-hydrogen) atoms. The van der Waals surface area contributed by atoms with Gasteiger partial charge in [-0.05, 0) is 38.6 Å². The molecule has 0 bridgehead atoms. The van der Waals surface area contributed by atoms with Gasteiger partial charge >= 0.3 is 0 Å². The molecule has 2 rings (SSSR count). The Morgan fingerprint density at radius 2 is 2.47 bits per heavy atom. The van der Waals surface area contributed by atoms with Crippen molar-refractivity contribution in [3.05, 3.63) is 30.1 Å². The maximum atomic E-state index is 11.9. The van der Waals surface area contributed by atoms with Gasteiger partial charge in [0.25, 0.3) is 0 Å². The molecule has 1 aromatic heterocycles. The van der Waals surface area contributed by atoms with Crippen molar-refractivity contribution >= 4 is 5.78 Å². The standard InChI is InChI=1S/C13H19N3O/c1-16(9-11-5-4-8-14-11)10-13(17)12-6-2-3-7-15-12/h2-3,6-7,11,14H,4-5,8-10H2,1H3/t11-/m1/s1. The summed E-state index contributed by atoms with van der Waals surface area (Å²) >= 11 is 0. The van der Waals surface area contributed by atoms with E-state index in [1.165, 1.54) is 12.8 Å². The molecule has 1 N–H and O–H groups in total. The van der Waals surface area contributed by atoms with Crippen molar-refractivity contribution < 1.29 is 4.79 Å². The van der Waals surface area contributed by atoms with Crippen LogP contribution in [-0.2, 0) is 0 Å². The number of nitrogens with zero attached hydrogens (tertiary/aromatic N) is 2. The lowest BCUT2D eigenvalue weighted by molar-refractivity contribution is 0.0937. The van der Waals surface area contributed by atoms with Gasteiger partial charge in [-0.25, -0.2) is 0 Å². The van der Waals surface area contributed by atoms with Gasteiger partial charge in [0.1, 0.15) is 5.69 Å². The Hall–Kier alpha value is -1.26. The molecule has 0 spiro atoms. The third-order valence-electron chi connectivity index (χ3n) is 3.06. The van der Waals surface area contributed by atoms with E-state index in [9.17, 15) is 4.79 Å². The first-order valence-electron chi connectivity index (χ1n) is 6.12. The highest BCUT2D eigenvalue weighted by atomic mass is 16.1. The van der Waals surface area contributed by atoms with E-state index >= 15 is 0 Å². The van der Waals surface area contributed by atoms with Crippen LogP contribution in [0.15, 0.2) is 24.4 Å². The first kappa shape index (κ1) is 12.2. The minimum Gasteiger partial charge on any atom is -0.313 e. The van der Waals surface area contributed by atoms with E-state index in [4.69, 9.17) is 0 Å². The summed E-state index contributed by atoms with van der Waals surface area (Å²) in [5, 5.41) is 3.43. The predicted molar refractivity (Wildman–Crippen MR) is 67.1 cm³/mol. The Morgan fingerprint density at radius 1 is 1.59 bits per heavy atom. The van der Waals surface area contributed by atoms with Gasteiger partial charge in [-0.3, -0.25) is 14.7 Å². The van der Waals surface area contributed by atoms with E-state index in [1.807, 2.05) is 19.2 Å². The summed E-state index contributed by atoms with van der Waals surface area (Å²) in [6.07, 6.45) is 4.11. The van der Waals surface area contributed by atoms with Crippen molar-refractivity contribution in [3.63, 3.8) is 0 Å². The van der Waals surface area contributed by atoms with Gasteiger partial charge in [-0.2, -0.15) is 0 Å². The minimum atomic E-state index is 0.0890. The monoisotopic (exact) mass is 233 g/mol. The number of pyridine rings is 1. The molecule has 1 atom stereocenters. The van der Waals surface area contributed by atoms with Gasteiger partial charge in [0.15, 0.2) is 5.78 Å². The molecule has 1 saturated heterocycles. The van der Waals surface area contributed by atoms with Gasteiger partial charge < -0.3 is 5.32 Å². The number of ketones is 1. The summed E-state index contributed by atoms with van der Waals surface area (Å²) in [5.74, 6) is 0.0890. The lowest BCUT2D eigenvalue weighted by Gasteiger charge is -2.20. The number of hydrogen-bond donors (Lipinski definition) is 1. The zero-order valence-electron chi connectivity index (χ0n) is 10.2. The minimum absolute atomic E-state index is 0.0890. The van der Waals surface area contributed by atoms with Crippen molar-refractivity contribution in [2.75, 3.05) is 26.7 Å². The van der Waals surface area contributed by atoms with Crippen LogP contribution in [-0.4, -0.2) is 48.4 Å². The van der Waals surface area contributed by atoms with Crippen LogP contribution in [0.5, 0.6) is 0 Å². The third kappa shape index (κ3) is 3.61. The molecule has 0 saturated carbocycles. The van der Waals surface area contributed by atoms with Crippen LogP contribution in [0.2, 0.25) is 0 Å². The molecule has 0 aromatic carbocycles. The first-order valence-corrected chi connectivity index (χ1v) is 6.12. The van der Waals surface area contributed by atoms with Crippen LogP contribution in [0.3, 0.4) is 0 Å². The van der Waals surface area contributed by atoms with Crippen LogP contribution in [0.1, 0.15) is 23.3 Å². The summed E-state index contributed by atoms with van der Waals surface area (Å²) in [7, 11) is 1.99. The molecule has 1 aliphatic heterocycles. The summed E-state index contributed by atoms with van der Waals surface area (Å²) in [6.45, 7) is 2.47. The largest absolute Gasteiger partial charge is 0.313 e. The first-order chi connectivity index (χ1) is 8.25. The van der Waals surface area contributed by atoms with Crippen molar-refractivity contribution in [1.29, 1.82) is 0 Å². The molecule has 0 aliphatic carbocycles. The van der Waals surface area contributed by atoms with Crippen LogP contribution in [0.4, 0.5) is 0 Å². The van der Waals surface area contributed by atoms with Crippen molar-refractivity contribution in [2.24, 2.45) is 0 Å². The molecular formula is C13H19N3O. The fourth-order valence-corrected chi connectivity index (χ4v) is 2.21. The van der Waals surface area contributed by atoms with E-state index in [-0.39, 0.29) is 5.78 Å². The number of likely N-dealkylation sites (N-methyl/N-ethyl adjacent to an activating group) is 1. The second kappa shape index (κ2) is 5.89. The third-order valence-corrected chi connectivity index (χ3v) is 3.06. The molecule has 0 radical (unpaired) electrons.